The number of nitrogens with zero attached hydrogens (tertiary/aromatic N) is 2. The van der Waals surface area contributed by atoms with Gasteiger partial charge in [0.05, 0.1) is 12.0 Å². The minimum Gasteiger partial charge on any atom is -0.490 e. The summed E-state index contributed by atoms with van der Waals surface area (Å²) in [5.74, 6) is 0.266. The van der Waals surface area contributed by atoms with Crippen LogP contribution in [0.15, 0.2) is 18.2 Å². The summed E-state index contributed by atoms with van der Waals surface area (Å²) in [5.41, 5.74) is 0.787. The van der Waals surface area contributed by atoms with E-state index in [0.29, 0.717) is 0 Å². The fourth-order valence-corrected chi connectivity index (χ4v) is 1.80. The largest absolute Gasteiger partial charge is 0.490 e. The summed E-state index contributed by atoms with van der Waals surface area (Å²) in [6.07, 6.45) is 0. The molecule has 1 rings (SSSR count). The number of anilines is 1. The van der Waals surface area contributed by atoms with Crippen LogP contribution in [0.3, 0.4) is 0 Å². The molecular weight excluding hydrogens is 234 g/mol. The van der Waals surface area contributed by atoms with Crippen molar-refractivity contribution in [2.24, 2.45) is 0 Å². The Bertz CT molecular complexity index is 421. The lowest BCUT2D eigenvalue weighted by atomic mass is 10.2. The van der Waals surface area contributed by atoms with Crippen molar-refractivity contribution in [3.8, 4) is 5.75 Å². The number of likely N-dealkylation sites (N-methyl/N-ethyl adjacent to an activating group) is 1. The van der Waals surface area contributed by atoms with Gasteiger partial charge in [0.15, 0.2) is 5.75 Å². The van der Waals surface area contributed by atoms with Gasteiger partial charge in [0.2, 0.25) is 0 Å². The summed E-state index contributed by atoms with van der Waals surface area (Å²) in [6.45, 7) is 2.92. The molecule has 0 amide bonds. The second-order valence-electron chi connectivity index (χ2n) is 4.45. The minimum absolute atomic E-state index is 0.0247. The fourth-order valence-electron chi connectivity index (χ4n) is 1.80. The van der Waals surface area contributed by atoms with Crippen LogP contribution in [0.1, 0.15) is 6.92 Å². The monoisotopic (exact) mass is 253 g/mol. The number of nitro groups is 1. The second-order valence-corrected chi connectivity index (χ2v) is 4.45. The number of benzene rings is 1. The maximum Gasteiger partial charge on any atom is 0.311 e. The van der Waals surface area contributed by atoms with Crippen LogP contribution in [-0.4, -0.2) is 43.6 Å². The maximum atomic E-state index is 10.8. The molecule has 0 radical (unpaired) electrons. The zero-order valence-electron chi connectivity index (χ0n) is 11.1. The van der Waals surface area contributed by atoms with Crippen LogP contribution in [0.4, 0.5) is 11.4 Å². The lowest BCUT2D eigenvalue weighted by molar-refractivity contribution is -0.385. The number of ether oxygens (including phenoxy) is 1. The number of hydrogen-bond acceptors (Lipinski definition) is 5. The van der Waals surface area contributed by atoms with Crippen molar-refractivity contribution in [1.82, 2.24) is 4.90 Å². The molecule has 0 heterocycles. The van der Waals surface area contributed by atoms with Crippen molar-refractivity contribution in [1.29, 1.82) is 0 Å². The third-order valence-corrected chi connectivity index (χ3v) is 2.43. The molecule has 6 heteroatoms. The van der Waals surface area contributed by atoms with E-state index in [1.165, 1.54) is 13.2 Å². The average Bonchev–Trinajstić information content (AvgIpc) is 2.27. The van der Waals surface area contributed by atoms with Gasteiger partial charge < -0.3 is 15.0 Å². The molecule has 18 heavy (non-hydrogen) atoms. The smallest absolute Gasteiger partial charge is 0.311 e. The van der Waals surface area contributed by atoms with Gasteiger partial charge in [0.25, 0.3) is 0 Å². The van der Waals surface area contributed by atoms with E-state index in [0.717, 1.165) is 12.2 Å². The van der Waals surface area contributed by atoms with Gasteiger partial charge in [-0.15, -0.1) is 0 Å². The molecule has 1 aromatic rings. The lowest BCUT2D eigenvalue weighted by Crippen LogP contribution is -2.29. The molecule has 1 N–H and O–H groups in total. The van der Waals surface area contributed by atoms with Crippen LogP contribution >= 0.6 is 0 Å². The highest BCUT2D eigenvalue weighted by molar-refractivity contribution is 5.58. The molecule has 1 atom stereocenters. The van der Waals surface area contributed by atoms with Crippen LogP contribution in [0.25, 0.3) is 0 Å². The molecule has 0 aromatic heterocycles. The molecule has 0 aliphatic rings. The van der Waals surface area contributed by atoms with Crippen LogP contribution in [-0.2, 0) is 0 Å². The van der Waals surface area contributed by atoms with Crippen molar-refractivity contribution in [3.63, 3.8) is 0 Å². The predicted molar refractivity (Wildman–Crippen MR) is 71.3 cm³/mol. The van der Waals surface area contributed by atoms with Crippen molar-refractivity contribution >= 4 is 11.4 Å². The van der Waals surface area contributed by atoms with Crippen molar-refractivity contribution in [2.45, 2.75) is 13.0 Å². The van der Waals surface area contributed by atoms with Gasteiger partial charge in [-0.3, -0.25) is 10.1 Å². The first-order valence-corrected chi connectivity index (χ1v) is 5.67. The number of nitro benzene ring substituents is 1. The van der Waals surface area contributed by atoms with Crippen molar-refractivity contribution in [3.05, 3.63) is 28.3 Å². The molecule has 0 aliphatic carbocycles. The normalized spacial score (nSPS) is 12.3. The highest BCUT2D eigenvalue weighted by atomic mass is 16.6. The standard InChI is InChI=1S/C12H19N3O3/c1-9(8-14(2)3)13-10-5-6-11(15(16)17)12(7-10)18-4/h5-7,9,13H,8H2,1-4H3. The van der Waals surface area contributed by atoms with Crippen LogP contribution in [0.2, 0.25) is 0 Å². The molecule has 0 spiro atoms. The van der Waals surface area contributed by atoms with E-state index < -0.39 is 4.92 Å². The summed E-state index contributed by atoms with van der Waals surface area (Å²) < 4.78 is 5.02. The summed E-state index contributed by atoms with van der Waals surface area (Å²) in [6, 6.07) is 5.02. The average molecular weight is 253 g/mol. The number of methoxy groups -OCH3 is 1. The zero-order chi connectivity index (χ0) is 13.7. The number of hydrogen-bond donors (Lipinski definition) is 1. The Hall–Kier alpha value is -1.82. The van der Waals surface area contributed by atoms with Gasteiger partial charge in [-0.2, -0.15) is 0 Å². The molecule has 0 aliphatic heterocycles. The molecule has 1 unspecified atom stereocenters. The molecule has 1 aromatic carbocycles. The third kappa shape index (κ3) is 3.89. The van der Waals surface area contributed by atoms with Crippen LogP contribution < -0.4 is 10.1 Å². The Labute approximate surface area is 107 Å². The first-order valence-electron chi connectivity index (χ1n) is 5.67. The van der Waals surface area contributed by atoms with Crippen molar-refractivity contribution < 1.29 is 9.66 Å². The Balaban J connectivity index is 2.82. The number of rotatable bonds is 6. The predicted octanol–water partition coefficient (Wildman–Crippen LogP) is 1.97. The van der Waals surface area contributed by atoms with E-state index in [4.69, 9.17) is 4.74 Å². The number of nitrogens with one attached hydrogen (secondary N) is 1. The second kappa shape index (κ2) is 6.20. The summed E-state index contributed by atoms with van der Waals surface area (Å²) in [5, 5.41) is 14.0. The molecule has 0 bridgehead atoms. The molecule has 0 saturated carbocycles. The molecular formula is C12H19N3O3. The van der Waals surface area contributed by atoms with E-state index in [9.17, 15) is 10.1 Å². The Morgan fingerprint density at radius 1 is 1.50 bits per heavy atom. The van der Waals surface area contributed by atoms with E-state index >= 15 is 0 Å². The summed E-state index contributed by atoms with van der Waals surface area (Å²) >= 11 is 0. The first-order chi connectivity index (χ1) is 8.43. The van der Waals surface area contributed by atoms with Gasteiger partial charge in [0, 0.05) is 30.4 Å². The molecule has 6 nitrogen and oxygen atoms in total. The zero-order valence-corrected chi connectivity index (χ0v) is 11.1. The van der Waals surface area contributed by atoms with E-state index in [2.05, 4.69) is 10.2 Å². The molecule has 0 saturated heterocycles. The van der Waals surface area contributed by atoms with E-state index in [-0.39, 0.29) is 17.5 Å². The minimum atomic E-state index is -0.453. The molecule has 0 fully saturated rings. The Morgan fingerprint density at radius 2 is 2.17 bits per heavy atom. The highest BCUT2D eigenvalue weighted by Crippen LogP contribution is 2.29. The maximum absolute atomic E-state index is 10.8. The first kappa shape index (κ1) is 14.2. The SMILES string of the molecule is COc1cc(NC(C)CN(C)C)ccc1[N+](=O)[O-]. The Morgan fingerprint density at radius 3 is 2.67 bits per heavy atom. The lowest BCUT2D eigenvalue weighted by Gasteiger charge is -2.19. The summed E-state index contributed by atoms with van der Waals surface area (Å²) in [7, 11) is 5.42. The van der Waals surface area contributed by atoms with Gasteiger partial charge in [-0.05, 0) is 27.1 Å². The van der Waals surface area contributed by atoms with Gasteiger partial charge in [0.1, 0.15) is 0 Å². The Kier molecular flexibility index (Phi) is 4.91. The van der Waals surface area contributed by atoms with Gasteiger partial charge >= 0.3 is 5.69 Å². The fraction of sp³-hybridized carbons (Fsp3) is 0.500. The highest BCUT2D eigenvalue weighted by Gasteiger charge is 2.15. The van der Waals surface area contributed by atoms with Gasteiger partial charge in [-0.1, -0.05) is 0 Å². The van der Waals surface area contributed by atoms with Gasteiger partial charge in [-0.25, -0.2) is 0 Å². The molecule has 100 valence electrons. The van der Waals surface area contributed by atoms with E-state index in [1.807, 2.05) is 21.0 Å². The summed E-state index contributed by atoms with van der Waals surface area (Å²) in [4.78, 5) is 12.4. The third-order valence-electron chi connectivity index (χ3n) is 2.43. The van der Waals surface area contributed by atoms with Crippen LogP contribution in [0.5, 0.6) is 5.75 Å². The van der Waals surface area contributed by atoms with E-state index in [1.54, 1.807) is 12.1 Å². The van der Waals surface area contributed by atoms with Crippen molar-refractivity contribution in [2.75, 3.05) is 33.1 Å². The van der Waals surface area contributed by atoms with Crippen LogP contribution in [0, 0.1) is 10.1 Å². The topological polar surface area (TPSA) is 67.6 Å². The quantitative estimate of drug-likeness (QED) is 0.620.